The number of amides is 1. The summed E-state index contributed by atoms with van der Waals surface area (Å²) in [5.74, 6) is 1.26. The van der Waals surface area contributed by atoms with Crippen LogP contribution < -0.4 is 15.4 Å². The van der Waals surface area contributed by atoms with Crippen LogP contribution in [0.3, 0.4) is 0 Å². The minimum absolute atomic E-state index is 0.129. The van der Waals surface area contributed by atoms with Gasteiger partial charge in [0.05, 0.1) is 0 Å². The first-order chi connectivity index (χ1) is 14.2. The van der Waals surface area contributed by atoms with E-state index in [0.29, 0.717) is 31.1 Å². The largest absolute Gasteiger partial charge is 0.489 e. The lowest BCUT2D eigenvalue weighted by Gasteiger charge is -2.10. The molecule has 0 fully saturated rings. The zero-order valence-electron chi connectivity index (χ0n) is 16.4. The van der Waals surface area contributed by atoms with Gasteiger partial charge in [0.2, 0.25) is 0 Å². The monoisotopic (exact) mass is 391 g/mol. The van der Waals surface area contributed by atoms with Gasteiger partial charge in [-0.3, -0.25) is 4.79 Å². The summed E-state index contributed by atoms with van der Waals surface area (Å²) in [4.78, 5) is 16.5. The summed E-state index contributed by atoms with van der Waals surface area (Å²) in [5, 5.41) is 6.08. The number of rotatable bonds is 10. The third kappa shape index (κ3) is 6.62. The Balaban J connectivity index is 1.53. The second kappa shape index (κ2) is 10.8. The van der Waals surface area contributed by atoms with Crippen molar-refractivity contribution in [3.8, 4) is 5.75 Å². The van der Waals surface area contributed by atoms with Crippen LogP contribution in [-0.4, -0.2) is 31.2 Å². The van der Waals surface area contributed by atoms with E-state index < -0.39 is 0 Å². The lowest BCUT2D eigenvalue weighted by Crippen LogP contribution is -2.25. The molecule has 1 amide bonds. The normalized spacial score (nSPS) is 10.4. The van der Waals surface area contributed by atoms with Crippen molar-refractivity contribution in [2.24, 2.45) is 0 Å². The number of ether oxygens (including phenoxy) is 2. The summed E-state index contributed by atoms with van der Waals surface area (Å²) in [5.41, 5.74) is 2.54. The smallest absolute Gasteiger partial charge is 0.251 e. The number of benzene rings is 2. The molecule has 150 valence electrons. The minimum atomic E-state index is -0.129. The Morgan fingerprint density at radius 1 is 1.03 bits per heavy atom. The lowest BCUT2D eigenvalue weighted by molar-refractivity contribution is 0.0948. The van der Waals surface area contributed by atoms with Gasteiger partial charge < -0.3 is 20.1 Å². The Labute approximate surface area is 170 Å². The number of carbonyl (C=O) groups excluding carboxylic acids is 1. The number of anilines is 2. The molecule has 2 aromatic carbocycles. The molecule has 3 rings (SSSR count). The van der Waals surface area contributed by atoms with Crippen molar-refractivity contribution >= 4 is 17.4 Å². The molecule has 0 atom stereocenters. The molecule has 0 spiro atoms. The molecule has 0 unspecified atom stereocenters. The Morgan fingerprint density at radius 3 is 2.59 bits per heavy atom. The van der Waals surface area contributed by atoms with Crippen LogP contribution in [-0.2, 0) is 11.3 Å². The van der Waals surface area contributed by atoms with Crippen molar-refractivity contribution in [2.45, 2.75) is 13.0 Å². The number of nitrogens with one attached hydrogen (secondary N) is 2. The van der Waals surface area contributed by atoms with Crippen LogP contribution in [0.1, 0.15) is 22.3 Å². The summed E-state index contributed by atoms with van der Waals surface area (Å²) in [6, 6.07) is 21.1. The Morgan fingerprint density at radius 2 is 1.83 bits per heavy atom. The van der Waals surface area contributed by atoms with E-state index >= 15 is 0 Å². The third-order valence-corrected chi connectivity index (χ3v) is 4.21. The number of aromatic nitrogens is 1. The summed E-state index contributed by atoms with van der Waals surface area (Å²) >= 11 is 0. The summed E-state index contributed by atoms with van der Waals surface area (Å²) in [7, 11) is 1.64. The molecule has 2 N–H and O–H groups in total. The molecule has 3 aromatic rings. The molecule has 1 heterocycles. The molecule has 0 bridgehead atoms. The zero-order valence-corrected chi connectivity index (χ0v) is 16.4. The van der Waals surface area contributed by atoms with Crippen LogP contribution in [0.4, 0.5) is 11.5 Å². The topological polar surface area (TPSA) is 72.5 Å². The number of carbonyl (C=O) groups is 1. The molecular formula is C23H25N3O3. The van der Waals surface area contributed by atoms with Gasteiger partial charge in [-0.2, -0.15) is 0 Å². The van der Waals surface area contributed by atoms with Crippen molar-refractivity contribution in [3.05, 3.63) is 84.1 Å². The minimum Gasteiger partial charge on any atom is -0.489 e. The highest BCUT2D eigenvalue weighted by Crippen LogP contribution is 2.20. The van der Waals surface area contributed by atoms with E-state index in [1.807, 2.05) is 54.6 Å². The molecule has 6 nitrogen and oxygen atoms in total. The molecular weight excluding hydrogens is 366 g/mol. The van der Waals surface area contributed by atoms with Crippen molar-refractivity contribution in [1.82, 2.24) is 10.3 Å². The maximum absolute atomic E-state index is 12.2. The van der Waals surface area contributed by atoms with Crippen LogP contribution in [0.5, 0.6) is 5.75 Å². The summed E-state index contributed by atoms with van der Waals surface area (Å²) in [6.07, 6.45) is 2.39. The Bertz CT molecular complexity index is 899. The van der Waals surface area contributed by atoms with Gasteiger partial charge in [-0.05, 0) is 48.4 Å². The predicted molar refractivity (Wildman–Crippen MR) is 114 cm³/mol. The van der Waals surface area contributed by atoms with E-state index in [-0.39, 0.29) is 5.91 Å². The molecule has 29 heavy (non-hydrogen) atoms. The molecule has 0 radical (unpaired) electrons. The quantitative estimate of drug-likeness (QED) is 0.508. The molecule has 0 aliphatic heterocycles. The molecule has 0 saturated heterocycles. The molecule has 0 aliphatic rings. The SMILES string of the molecule is COCCCNC(=O)c1ccnc(Nc2ccc(OCc3ccccc3)cc2)c1. The van der Waals surface area contributed by atoms with E-state index in [1.54, 1.807) is 25.4 Å². The predicted octanol–water partition coefficient (Wildman–Crippen LogP) is 4.17. The lowest BCUT2D eigenvalue weighted by atomic mass is 10.2. The van der Waals surface area contributed by atoms with Crippen LogP contribution in [0.2, 0.25) is 0 Å². The maximum Gasteiger partial charge on any atom is 0.251 e. The second-order valence-corrected chi connectivity index (χ2v) is 6.46. The van der Waals surface area contributed by atoms with Crippen LogP contribution in [0.15, 0.2) is 72.9 Å². The van der Waals surface area contributed by atoms with Crippen molar-refractivity contribution < 1.29 is 14.3 Å². The van der Waals surface area contributed by atoms with Crippen molar-refractivity contribution in [3.63, 3.8) is 0 Å². The van der Waals surface area contributed by atoms with Gasteiger partial charge in [-0.1, -0.05) is 30.3 Å². The highest BCUT2D eigenvalue weighted by Gasteiger charge is 2.07. The van der Waals surface area contributed by atoms with Gasteiger partial charge in [-0.15, -0.1) is 0 Å². The highest BCUT2D eigenvalue weighted by molar-refractivity contribution is 5.94. The third-order valence-electron chi connectivity index (χ3n) is 4.21. The number of nitrogens with zero attached hydrogens (tertiary/aromatic N) is 1. The van der Waals surface area contributed by atoms with E-state index in [2.05, 4.69) is 15.6 Å². The number of pyridine rings is 1. The average molecular weight is 391 g/mol. The molecule has 6 heteroatoms. The molecule has 1 aromatic heterocycles. The first kappa shape index (κ1) is 20.4. The van der Waals surface area contributed by atoms with E-state index in [9.17, 15) is 4.79 Å². The maximum atomic E-state index is 12.2. The molecule has 0 aliphatic carbocycles. The first-order valence-electron chi connectivity index (χ1n) is 9.51. The van der Waals surface area contributed by atoms with E-state index in [0.717, 1.165) is 23.4 Å². The van der Waals surface area contributed by atoms with Crippen LogP contribution in [0, 0.1) is 0 Å². The van der Waals surface area contributed by atoms with Gasteiger partial charge in [0, 0.05) is 37.7 Å². The standard InChI is InChI=1S/C23H25N3O3/c1-28-15-5-13-25-23(27)19-12-14-24-22(16-19)26-20-8-10-21(11-9-20)29-17-18-6-3-2-4-7-18/h2-4,6-12,14,16H,5,13,15,17H2,1H3,(H,24,26)(H,25,27). The fourth-order valence-electron chi connectivity index (χ4n) is 2.68. The average Bonchev–Trinajstić information content (AvgIpc) is 2.77. The Hall–Kier alpha value is -3.38. The second-order valence-electron chi connectivity index (χ2n) is 6.46. The number of methoxy groups -OCH3 is 1. The first-order valence-corrected chi connectivity index (χ1v) is 9.51. The van der Waals surface area contributed by atoms with Gasteiger partial charge in [0.25, 0.3) is 5.91 Å². The summed E-state index contributed by atoms with van der Waals surface area (Å²) in [6.45, 7) is 1.72. The van der Waals surface area contributed by atoms with Crippen molar-refractivity contribution in [1.29, 1.82) is 0 Å². The van der Waals surface area contributed by atoms with Crippen molar-refractivity contribution in [2.75, 3.05) is 25.6 Å². The summed E-state index contributed by atoms with van der Waals surface area (Å²) < 4.78 is 10.8. The van der Waals surface area contributed by atoms with Crippen LogP contribution >= 0.6 is 0 Å². The van der Waals surface area contributed by atoms with Gasteiger partial charge in [0.15, 0.2) is 0 Å². The van der Waals surface area contributed by atoms with E-state index in [4.69, 9.17) is 9.47 Å². The molecule has 0 saturated carbocycles. The van der Waals surface area contributed by atoms with Gasteiger partial charge in [0.1, 0.15) is 18.2 Å². The fourth-order valence-corrected chi connectivity index (χ4v) is 2.68. The van der Waals surface area contributed by atoms with Gasteiger partial charge >= 0.3 is 0 Å². The van der Waals surface area contributed by atoms with Gasteiger partial charge in [-0.25, -0.2) is 4.98 Å². The number of hydrogen-bond donors (Lipinski definition) is 2. The van der Waals surface area contributed by atoms with E-state index in [1.165, 1.54) is 0 Å². The van der Waals surface area contributed by atoms with Crippen LogP contribution in [0.25, 0.3) is 0 Å². The number of hydrogen-bond acceptors (Lipinski definition) is 5. The fraction of sp³-hybridized carbons (Fsp3) is 0.217. The Kier molecular flexibility index (Phi) is 7.60. The zero-order chi connectivity index (χ0) is 20.3. The highest BCUT2D eigenvalue weighted by atomic mass is 16.5.